The molecular weight excluding hydrogens is 308 g/mol. The van der Waals surface area contributed by atoms with Crippen molar-refractivity contribution in [3.8, 4) is 0 Å². The first kappa shape index (κ1) is 16.9. The molecule has 1 saturated heterocycles. The molecule has 2 rings (SSSR count). The van der Waals surface area contributed by atoms with Crippen LogP contribution < -0.4 is 5.32 Å². The summed E-state index contributed by atoms with van der Waals surface area (Å²) in [6, 6.07) is 1.78. The lowest BCUT2D eigenvalue weighted by Crippen LogP contribution is -2.43. The van der Waals surface area contributed by atoms with Crippen LogP contribution in [0, 0.1) is 0 Å². The Kier molecular flexibility index (Phi) is 6.19. The number of rotatable bonds is 7. The number of hydrogen-bond acceptors (Lipinski definition) is 5. The number of ether oxygens (including phenoxy) is 1. The zero-order chi connectivity index (χ0) is 15.3. The van der Waals surface area contributed by atoms with Gasteiger partial charge in [0, 0.05) is 36.5 Å². The molecule has 0 aliphatic carbocycles. The lowest BCUT2D eigenvalue weighted by Gasteiger charge is -2.31. The molecule has 1 aromatic rings. The van der Waals surface area contributed by atoms with Crippen LogP contribution in [0.3, 0.4) is 0 Å². The van der Waals surface area contributed by atoms with Crippen molar-refractivity contribution < 1.29 is 13.2 Å². The molecule has 5 nitrogen and oxygen atoms in total. The van der Waals surface area contributed by atoms with Gasteiger partial charge in [-0.3, -0.25) is 0 Å². The highest BCUT2D eigenvalue weighted by Gasteiger charge is 2.31. The van der Waals surface area contributed by atoms with Gasteiger partial charge in [-0.25, -0.2) is 8.42 Å². The molecule has 1 fully saturated rings. The molecule has 120 valence electrons. The lowest BCUT2D eigenvalue weighted by atomic mass is 10.1. The summed E-state index contributed by atoms with van der Waals surface area (Å²) in [4.78, 5) is 1.46. The number of piperidine rings is 1. The average molecular weight is 332 g/mol. The van der Waals surface area contributed by atoms with Gasteiger partial charge in [-0.1, -0.05) is 6.92 Å². The fourth-order valence-electron chi connectivity index (χ4n) is 2.48. The van der Waals surface area contributed by atoms with Gasteiger partial charge in [-0.2, -0.15) is 4.31 Å². The van der Waals surface area contributed by atoms with Crippen molar-refractivity contribution in [1.82, 2.24) is 9.62 Å². The summed E-state index contributed by atoms with van der Waals surface area (Å²) in [6.07, 6.45) is 1.83. The minimum absolute atomic E-state index is 0.0263. The van der Waals surface area contributed by atoms with Crippen LogP contribution in [-0.2, 0) is 21.3 Å². The van der Waals surface area contributed by atoms with Crippen molar-refractivity contribution in [3.05, 3.63) is 16.3 Å². The van der Waals surface area contributed by atoms with Gasteiger partial charge >= 0.3 is 0 Å². The quantitative estimate of drug-likeness (QED) is 0.830. The van der Waals surface area contributed by atoms with Crippen molar-refractivity contribution in [2.24, 2.45) is 0 Å². The predicted octanol–water partition coefficient (Wildman–Crippen LogP) is 2.05. The molecule has 1 atom stereocenters. The topological polar surface area (TPSA) is 58.6 Å². The second-order valence-electron chi connectivity index (χ2n) is 5.11. The molecular formula is C14H24N2O3S2. The summed E-state index contributed by atoms with van der Waals surface area (Å²) in [5.74, 6) is 0. The van der Waals surface area contributed by atoms with Crippen LogP contribution in [0.25, 0.3) is 0 Å². The molecule has 1 aliphatic heterocycles. The van der Waals surface area contributed by atoms with Crippen molar-refractivity contribution in [2.45, 2.75) is 44.2 Å². The van der Waals surface area contributed by atoms with Gasteiger partial charge in [0.15, 0.2) is 0 Å². The smallest absolute Gasteiger partial charge is 0.243 e. The number of nitrogens with one attached hydrogen (secondary N) is 1. The number of thiophene rings is 1. The van der Waals surface area contributed by atoms with Gasteiger partial charge in [-0.05, 0) is 32.4 Å². The van der Waals surface area contributed by atoms with E-state index in [4.69, 9.17) is 4.74 Å². The average Bonchev–Trinajstić information content (AvgIpc) is 2.95. The first-order valence-electron chi connectivity index (χ1n) is 7.47. The molecule has 0 radical (unpaired) electrons. The van der Waals surface area contributed by atoms with E-state index in [9.17, 15) is 8.42 Å². The third-order valence-corrected chi connectivity index (χ3v) is 6.49. The Labute approximate surface area is 131 Å². The maximum absolute atomic E-state index is 12.7. The van der Waals surface area contributed by atoms with Crippen molar-refractivity contribution in [3.63, 3.8) is 0 Å². The van der Waals surface area contributed by atoms with Gasteiger partial charge in [0.25, 0.3) is 0 Å². The Bertz CT molecular complexity index is 540. The van der Waals surface area contributed by atoms with Gasteiger partial charge in [0.1, 0.15) is 0 Å². The van der Waals surface area contributed by atoms with Gasteiger partial charge in [-0.15, -0.1) is 11.3 Å². The van der Waals surface area contributed by atoms with E-state index in [0.29, 0.717) is 24.6 Å². The third kappa shape index (κ3) is 4.26. The van der Waals surface area contributed by atoms with E-state index < -0.39 is 10.0 Å². The van der Waals surface area contributed by atoms with Crippen LogP contribution in [0.4, 0.5) is 0 Å². The fraction of sp³-hybridized carbons (Fsp3) is 0.714. The van der Waals surface area contributed by atoms with Gasteiger partial charge < -0.3 is 10.1 Å². The molecule has 1 aromatic heterocycles. The summed E-state index contributed by atoms with van der Waals surface area (Å²) in [5, 5.41) is 4.96. The SMILES string of the molecule is CCNCc1cc(S(=O)(=O)N2CCCC(OCC)C2)cs1. The second kappa shape index (κ2) is 7.69. The van der Waals surface area contributed by atoms with E-state index in [2.05, 4.69) is 5.32 Å². The Morgan fingerprint density at radius 3 is 3.00 bits per heavy atom. The number of sulfonamides is 1. The largest absolute Gasteiger partial charge is 0.377 e. The van der Waals surface area contributed by atoms with E-state index in [1.807, 2.05) is 13.8 Å². The fourth-order valence-corrected chi connectivity index (χ4v) is 5.22. The van der Waals surface area contributed by atoms with Crippen molar-refractivity contribution >= 4 is 21.4 Å². The maximum Gasteiger partial charge on any atom is 0.243 e. The zero-order valence-corrected chi connectivity index (χ0v) is 14.3. The van der Waals surface area contributed by atoms with Crippen molar-refractivity contribution in [2.75, 3.05) is 26.2 Å². The molecule has 7 heteroatoms. The normalized spacial score (nSPS) is 20.8. The van der Waals surface area contributed by atoms with E-state index in [1.165, 1.54) is 11.3 Å². The van der Waals surface area contributed by atoms with Crippen molar-refractivity contribution in [1.29, 1.82) is 0 Å². The Balaban J connectivity index is 2.08. The van der Waals surface area contributed by atoms with Crippen LogP contribution in [0.5, 0.6) is 0 Å². The summed E-state index contributed by atoms with van der Waals surface area (Å²) in [5.41, 5.74) is 0. The highest BCUT2D eigenvalue weighted by atomic mass is 32.2. The lowest BCUT2D eigenvalue weighted by molar-refractivity contribution is 0.0265. The minimum atomic E-state index is -3.38. The van der Waals surface area contributed by atoms with Gasteiger partial charge in [0.2, 0.25) is 10.0 Å². The number of nitrogens with zero attached hydrogens (tertiary/aromatic N) is 1. The third-order valence-electron chi connectivity index (χ3n) is 3.56. The molecule has 21 heavy (non-hydrogen) atoms. The summed E-state index contributed by atoms with van der Waals surface area (Å²) >= 11 is 1.49. The molecule has 0 aromatic carbocycles. The molecule has 0 spiro atoms. The van der Waals surface area contributed by atoms with Gasteiger partial charge in [0.05, 0.1) is 11.0 Å². The predicted molar refractivity (Wildman–Crippen MR) is 85.1 cm³/mol. The van der Waals surface area contributed by atoms with Crippen LogP contribution in [0.2, 0.25) is 0 Å². The van der Waals surface area contributed by atoms with E-state index >= 15 is 0 Å². The molecule has 1 aliphatic rings. The summed E-state index contributed by atoms with van der Waals surface area (Å²) in [7, 11) is -3.38. The molecule has 0 saturated carbocycles. The van der Waals surface area contributed by atoms with E-state index in [-0.39, 0.29) is 6.10 Å². The monoisotopic (exact) mass is 332 g/mol. The maximum atomic E-state index is 12.7. The van der Waals surface area contributed by atoms with Crippen LogP contribution in [-0.4, -0.2) is 45.1 Å². The summed E-state index contributed by atoms with van der Waals surface area (Å²) < 4.78 is 32.5. The standard InChI is InChI=1S/C14H24N2O3S2/c1-3-15-9-13-8-14(11-20-13)21(17,18)16-7-5-6-12(10-16)19-4-2/h8,11-12,15H,3-7,9-10H2,1-2H3. The Morgan fingerprint density at radius 1 is 1.48 bits per heavy atom. The first-order chi connectivity index (χ1) is 10.1. The highest BCUT2D eigenvalue weighted by molar-refractivity contribution is 7.89. The molecule has 2 heterocycles. The summed E-state index contributed by atoms with van der Waals surface area (Å²) in [6.45, 7) is 7.26. The first-order valence-corrected chi connectivity index (χ1v) is 9.79. The molecule has 0 bridgehead atoms. The number of hydrogen-bond donors (Lipinski definition) is 1. The van der Waals surface area contributed by atoms with Crippen LogP contribution in [0.15, 0.2) is 16.3 Å². The van der Waals surface area contributed by atoms with E-state index in [1.54, 1.807) is 15.8 Å². The second-order valence-corrected chi connectivity index (χ2v) is 8.05. The molecule has 1 unspecified atom stereocenters. The Morgan fingerprint density at radius 2 is 2.29 bits per heavy atom. The minimum Gasteiger partial charge on any atom is -0.377 e. The van der Waals surface area contributed by atoms with E-state index in [0.717, 1.165) is 30.8 Å². The highest BCUT2D eigenvalue weighted by Crippen LogP contribution is 2.25. The Hall–Kier alpha value is -0.470. The molecule has 1 N–H and O–H groups in total. The zero-order valence-electron chi connectivity index (χ0n) is 12.7. The molecule has 0 amide bonds. The van der Waals surface area contributed by atoms with Crippen LogP contribution >= 0.6 is 11.3 Å². The van der Waals surface area contributed by atoms with Crippen LogP contribution in [0.1, 0.15) is 31.6 Å².